The average molecular weight is 203 g/mol. The van der Waals surface area contributed by atoms with Crippen molar-refractivity contribution in [2.75, 3.05) is 0 Å². The largest absolute Gasteiger partial charge is 0.545 e. The number of pyridine rings is 1. The van der Waals surface area contributed by atoms with E-state index in [1.54, 1.807) is 13.0 Å². The Labute approximate surface area is 89.0 Å². The molecular weight excluding hydrogens is 190 g/mol. The maximum atomic E-state index is 10.2. The molecule has 3 heteroatoms. The van der Waals surface area contributed by atoms with Crippen molar-refractivity contribution in [2.24, 2.45) is 7.05 Å². The van der Waals surface area contributed by atoms with E-state index in [1.165, 1.54) is 0 Å². The number of aliphatic carboxylic acids is 1. The quantitative estimate of drug-likeness (QED) is 0.401. The highest BCUT2D eigenvalue weighted by molar-refractivity contribution is 5.79. The first kappa shape index (κ1) is 11.2. The number of carboxylic acid groups (broad SMARTS) is 1. The van der Waals surface area contributed by atoms with Crippen molar-refractivity contribution in [1.29, 1.82) is 0 Å². The van der Waals surface area contributed by atoms with Crippen molar-refractivity contribution >= 4 is 12.0 Å². The van der Waals surface area contributed by atoms with Gasteiger partial charge in [-0.05, 0) is 30.7 Å². The first-order valence-corrected chi connectivity index (χ1v) is 4.60. The molecule has 0 bridgehead atoms. The lowest BCUT2D eigenvalue weighted by molar-refractivity contribution is -0.671. The van der Waals surface area contributed by atoms with Crippen LogP contribution in [0.4, 0.5) is 0 Å². The lowest BCUT2D eigenvalue weighted by Gasteiger charge is -1.94. The molecule has 0 saturated carbocycles. The van der Waals surface area contributed by atoms with Gasteiger partial charge in [-0.2, -0.15) is 0 Å². The lowest BCUT2D eigenvalue weighted by Crippen LogP contribution is -2.26. The van der Waals surface area contributed by atoms with E-state index in [-0.39, 0.29) is 0 Å². The molecule has 0 amide bonds. The number of rotatable bonds is 3. The summed E-state index contributed by atoms with van der Waals surface area (Å²) in [5, 5.41) is 10.2. The summed E-state index contributed by atoms with van der Waals surface area (Å²) in [6.45, 7) is 1.72. The van der Waals surface area contributed by atoms with E-state index in [9.17, 15) is 9.90 Å². The molecule has 0 radical (unpaired) electrons. The summed E-state index contributed by atoms with van der Waals surface area (Å²) in [6, 6.07) is 3.88. The number of carbonyl (C=O) groups is 1. The Morgan fingerprint density at radius 3 is 2.87 bits per heavy atom. The molecule has 0 fully saturated rings. The van der Waals surface area contributed by atoms with E-state index in [0.29, 0.717) is 5.57 Å². The van der Waals surface area contributed by atoms with Crippen molar-refractivity contribution < 1.29 is 14.5 Å². The molecule has 0 aromatic carbocycles. The second kappa shape index (κ2) is 5.10. The van der Waals surface area contributed by atoms with Crippen LogP contribution in [-0.2, 0) is 11.8 Å². The molecule has 0 spiro atoms. The van der Waals surface area contributed by atoms with Gasteiger partial charge in [-0.3, -0.25) is 0 Å². The number of allylic oxidation sites excluding steroid dienone is 2. The smallest absolute Gasteiger partial charge is 0.175 e. The zero-order chi connectivity index (χ0) is 11.3. The fourth-order valence-corrected chi connectivity index (χ4v) is 1.17. The Balaban J connectivity index is 2.78. The number of aryl methyl sites for hydroxylation is 1. The third kappa shape index (κ3) is 4.22. The van der Waals surface area contributed by atoms with E-state index >= 15 is 0 Å². The molecule has 0 N–H and O–H groups in total. The number of nitrogens with zero attached hydrogens (tertiary/aromatic N) is 1. The summed E-state index contributed by atoms with van der Waals surface area (Å²) in [6.07, 6.45) is 8.54. The monoisotopic (exact) mass is 203 g/mol. The highest BCUT2D eigenvalue weighted by atomic mass is 16.4. The summed E-state index contributed by atoms with van der Waals surface area (Å²) in [7, 11) is 1.93. The van der Waals surface area contributed by atoms with Gasteiger partial charge in [-0.15, -0.1) is 0 Å². The third-order valence-corrected chi connectivity index (χ3v) is 1.85. The van der Waals surface area contributed by atoms with Crippen LogP contribution in [0.15, 0.2) is 42.3 Å². The van der Waals surface area contributed by atoms with Gasteiger partial charge in [-0.1, -0.05) is 6.08 Å². The summed E-state index contributed by atoms with van der Waals surface area (Å²) in [5.74, 6) is -1.17. The summed E-state index contributed by atoms with van der Waals surface area (Å²) >= 11 is 0. The third-order valence-electron chi connectivity index (χ3n) is 1.85. The van der Waals surface area contributed by atoms with Gasteiger partial charge in [0.15, 0.2) is 12.4 Å². The molecule has 0 atom stereocenters. The average Bonchev–Trinajstić information content (AvgIpc) is 2.14. The summed E-state index contributed by atoms with van der Waals surface area (Å²) < 4.78 is 1.93. The van der Waals surface area contributed by atoms with Crippen LogP contribution >= 0.6 is 0 Å². The Bertz CT molecular complexity index is 419. The number of carboxylic acids is 1. The van der Waals surface area contributed by atoms with Crippen LogP contribution in [0.3, 0.4) is 0 Å². The minimum Gasteiger partial charge on any atom is -0.545 e. The Morgan fingerprint density at radius 1 is 1.53 bits per heavy atom. The van der Waals surface area contributed by atoms with Crippen molar-refractivity contribution in [3.05, 3.63) is 47.8 Å². The molecule has 1 aromatic rings. The molecule has 1 rings (SSSR count). The molecule has 0 aliphatic carbocycles. The van der Waals surface area contributed by atoms with E-state index in [2.05, 4.69) is 0 Å². The minimum atomic E-state index is -1.17. The SMILES string of the molecule is CC(/C=C\c1ccc[n+](C)c1)=C/C(=O)[O-]. The number of hydrogen-bond acceptors (Lipinski definition) is 2. The van der Waals surface area contributed by atoms with Gasteiger partial charge < -0.3 is 9.90 Å². The van der Waals surface area contributed by atoms with Gasteiger partial charge in [0.05, 0.1) is 5.97 Å². The van der Waals surface area contributed by atoms with E-state index in [1.807, 2.05) is 42.2 Å². The molecule has 0 unspecified atom stereocenters. The molecule has 0 saturated heterocycles. The van der Waals surface area contributed by atoms with Gasteiger partial charge in [0.1, 0.15) is 7.05 Å². The molecule has 3 nitrogen and oxygen atoms in total. The topological polar surface area (TPSA) is 44.0 Å². The van der Waals surface area contributed by atoms with Crippen LogP contribution in [0.1, 0.15) is 12.5 Å². The Morgan fingerprint density at radius 2 is 2.27 bits per heavy atom. The van der Waals surface area contributed by atoms with Crippen LogP contribution in [0.5, 0.6) is 0 Å². The first-order valence-electron chi connectivity index (χ1n) is 4.60. The normalized spacial score (nSPS) is 12.0. The maximum absolute atomic E-state index is 10.2. The van der Waals surface area contributed by atoms with Crippen LogP contribution in [0, 0.1) is 0 Å². The minimum absolute atomic E-state index is 0.654. The van der Waals surface area contributed by atoms with Gasteiger partial charge in [0.2, 0.25) is 0 Å². The molecule has 0 aliphatic heterocycles. The van der Waals surface area contributed by atoms with Gasteiger partial charge >= 0.3 is 0 Å². The van der Waals surface area contributed by atoms with Crippen molar-refractivity contribution in [2.45, 2.75) is 6.92 Å². The molecule has 1 heterocycles. The van der Waals surface area contributed by atoms with Crippen LogP contribution in [-0.4, -0.2) is 5.97 Å². The molecule has 0 aliphatic rings. The highest BCUT2D eigenvalue weighted by Crippen LogP contribution is 2.02. The van der Waals surface area contributed by atoms with Crippen LogP contribution in [0.2, 0.25) is 0 Å². The van der Waals surface area contributed by atoms with Crippen molar-refractivity contribution in [3.8, 4) is 0 Å². The highest BCUT2D eigenvalue weighted by Gasteiger charge is 1.92. The predicted octanol–water partition coefficient (Wildman–Crippen LogP) is 0.220. The van der Waals surface area contributed by atoms with Crippen molar-refractivity contribution in [1.82, 2.24) is 0 Å². The summed E-state index contributed by atoms with van der Waals surface area (Å²) in [5.41, 5.74) is 1.67. The molecule has 78 valence electrons. The predicted molar refractivity (Wildman–Crippen MR) is 55.4 cm³/mol. The fraction of sp³-hybridized carbons (Fsp3) is 0.167. The van der Waals surface area contributed by atoms with Gasteiger partial charge in [-0.25, -0.2) is 4.57 Å². The zero-order valence-electron chi connectivity index (χ0n) is 8.81. The van der Waals surface area contributed by atoms with Gasteiger partial charge in [0, 0.05) is 11.6 Å². The van der Waals surface area contributed by atoms with Crippen LogP contribution < -0.4 is 9.67 Å². The van der Waals surface area contributed by atoms with E-state index in [0.717, 1.165) is 11.6 Å². The zero-order valence-corrected chi connectivity index (χ0v) is 8.81. The Kier molecular flexibility index (Phi) is 3.80. The molecule has 1 aromatic heterocycles. The second-order valence-corrected chi connectivity index (χ2v) is 3.34. The number of hydrogen-bond donors (Lipinski definition) is 0. The van der Waals surface area contributed by atoms with Gasteiger partial charge in [0.25, 0.3) is 0 Å². The van der Waals surface area contributed by atoms with E-state index < -0.39 is 5.97 Å². The Hall–Kier alpha value is -1.90. The maximum Gasteiger partial charge on any atom is 0.175 e. The van der Waals surface area contributed by atoms with Crippen LogP contribution in [0.25, 0.3) is 6.08 Å². The lowest BCUT2D eigenvalue weighted by atomic mass is 10.2. The number of aromatic nitrogens is 1. The summed E-state index contributed by atoms with van der Waals surface area (Å²) in [4.78, 5) is 10.2. The first-order chi connectivity index (χ1) is 7.08. The van der Waals surface area contributed by atoms with E-state index in [4.69, 9.17) is 0 Å². The fourth-order valence-electron chi connectivity index (χ4n) is 1.17. The standard InChI is InChI=1S/C12H13NO2/c1-10(8-12(14)15)5-6-11-4-3-7-13(2)9-11/h3-9H,1-2H3/b6-5-,10-8-. The molecule has 15 heavy (non-hydrogen) atoms. The molecular formula is C12H13NO2. The second-order valence-electron chi connectivity index (χ2n) is 3.34. The van der Waals surface area contributed by atoms with Crippen molar-refractivity contribution in [3.63, 3.8) is 0 Å². The number of carbonyl (C=O) groups excluding carboxylic acids is 1.